The summed E-state index contributed by atoms with van der Waals surface area (Å²) in [6.07, 6.45) is 1.00. The second-order valence-electron chi connectivity index (χ2n) is 3.24. The summed E-state index contributed by atoms with van der Waals surface area (Å²) in [4.78, 5) is 2.10. The first-order valence-electron chi connectivity index (χ1n) is 4.53. The zero-order valence-electron chi connectivity index (χ0n) is 8.79. The molecule has 0 N–H and O–H groups in total. The van der Waals surface area contributed by atoms with Gasteiger partial charge >= 0.3 is 0 Å². The molecule has 0 radical (unpaired) electrons. The van der Waals surface area contributed by atoms with Crippen molar-refractivity contribution >= 4 is 5.69 Å². The van der Waals surface area contributed by atoms with Crippen LogP contribution in [0.3, 0.4) is 0 Å². The van der Waals surface area contributed by atoms with Crippen LogP contribution in [0.15, 0.2) is 18.2 Å². The Bertz CT molecular complexity index is 281. The molecule has 0 aliphatic carbocycles. The molecule has 1 rings (SSSR count). The van der Waals surface area contributed by atoms with Crippen molar-refractivity contribution in [3.8, 4) is 5.75 Å². The predicted molar refractivity (Wildman–Crippen MR) is 56.7 cm³/mol. The second-order valence-corrected chi connectivity index (χ2v) is 3.24. The lowest BCUT2D eigenvalue weighted by atomic mass is 10.1. The van der Waals surface area contributed by atoms with Crippen LogP contribution in [-0.2, 0) is 6.42 Å². The Labute approximate surface area is 80.1 Å². The van der Waals surface area contributed by atoms with Gasteiger partial charge in [0.2, 0.25) is 0 Å². The smallest absolute Gasteiger partial charge is 0.122 e. The van der Waals surface area contributed by atoms with Crippen LogP contribution in [0.25, 0.3) is 0 Å². The first-order chi connectivity index (χ1) is 6.19. The Kier molecular flexibility index (Phi) is 3.18. The number of aryl methyl sites for hydroxylation is 1. The van der Waals surface area contributed by atoms with E-state index >= 15 is 0 Å². The summed E-state index contributed by atoms with van der Waals surface area (Å²) in [6, 6.07) is 6.25. The Morgan fingerprint density at radius 1 is 1.31 bits per heavy atom. The van der Waals surface area contributed by atoms with Gasteiger partial charge in [-0.15, -0.1) is 0 Å². The van der Waals surface area contributed by atoms with Gasteiger partial charge in [0.15, 0.2) is 0 Å². The maximum absolute atomic E-state index is 5.25. The molecule has 1 aromatic rings. The minimum absolute atomic E-state index is 0.980. The van der Waals surface area contributed by atoms with Crippen LogP contribution in [0.4, 0.5) is 5.69 Å². The number of rotatable bonds is 3. The van der Waals surface area contributed by atoms with Crippen molar-refractivity contribution in [2.24, 2.45) is 0 Å². The van der Waals surface area contributed by atoms with Crippen molar-refractivity contribution in [2.45, 2.75) is 13.3 Å². The minimum atomic E-state index is 0.980. The molecule has 0 fully saturated rings. The van der Waals surface area contributed by atoms with Crippen molar-refractivity contribution < 1.29 is 4.74 Å². The highest BCUT2D eigenvalue weighted by Gasteiger charge is 2.02. The molecular weight excluding hydrogens is 162 g/mol. The highest BCUT2D eigenvalue weighted by atomic mass is 16.5. The lowest BCUT2D eigenvalue weighted by Crippen LogP contribution is -2.08. The molecule has 0 saturated heterocycles. The number of hydrogen-bond donors (Lipinski definition) is 0. The molecule has 2 heteroatoms. The average molecular weight is 179 g/mol. The van der Waals surface area contributed by atoms with Gasteiger partial charge in [-0.1, -0.05) is 6.92 Å². The van der Waals surface area contributed by atoms with E-state index in [2.05, 4.69) is 24.0 Å². The van der Waals surface area contributed by atoms with Crippen LogP contribution in [-0.4, -0.2) is 21.2 Å². The van der Waals surface area contributed by atoms with E-state index in [1.807, 2.05) is 20.2 Å². The van der Waals surface area contributed by atoms with Gasteiger partial charge in [0.05, 0.1) is 7.11 Å². The summed E-state index contributed by atoms with van der Waals surface area (Å²) in [5.74, 6) is 0.980. The molecule has 72 valence electrons. The van der Waals surface area contributed by atoms with E-state index in [1.54, 1.807) is 7.11 Å². The summed E-state index contributed by atoms with van der Waals surface area (Å²) >= 11 is 0. The quantitative estimate of drug-likeness (QED) is 0.706. The summed E-state index contributed by atoms with van der Waals surface area (Å²) in [6.45, 7) is 2.14. The predicted octanol–water partition coefficient (Wildman–Crippen LogP) is 2.32. The maximum Gasteiger partial charge on any atom is 0.122 e. The Balaban J connectivity index is 3.05. The van der Waals surface area contributed by atoms with Gasteiger partial charge in [0, 0.05) is 19.8 Å². The number of benzene rings is 1. The highest BCUT2D eigenvalue weighted by molar-refractivity contribution is 5.52. The lowest BCUT2D eigenvalue weighted by Gasteiger charge is -2.15. The van der Waals surface area contributed by atoms with Crippen molar-refractivity contribution in [1.29, 1.82) is 0 Å². The van der Waals surface area contributed by atoms with Crippen LogP contribution in [0, 0.1) is 0 Å². The van der Waals surface area contributed by atoms with E-state index in [0.29, 0.717) is 0 Å². The van der Waals surface area contributed by atoms with Crippen molar-refractivity contribution in [3.05, 3.63) is 23.8 Å². The topological polar surface area (TPSA) is 12.5 Å². The molecule has 0 heterocycles. The van der Waals surface area contributed by atoms with E-state index in [1.165, 1.54) is 11.3 Å². The molecular formula is C11H17NO. The van der Waals surface area contributed by atoms with Crippen molar-refractivity contribution in [2.75, 3.05) is 26.1 Å². The van der Waals surface area contributed by atoms with Gasteiger partial charge in [0.25, 0.3) is 0 Å². The summed E-state index contributed by atoms with van der Waals surface area (Å²) in [5, 5.41) is 0. The van der Waals surface area contributed by atoms with Crippen molar-refractivity contribution in [3.63, 3.8) is 0 Å². The number of anilines is 1. The Morgan fingerprint density at radius 3 is 2.46 bits per heavy atom. The third-order valence-electron chi connectivity index (χ3n) is 2.16. The molecule has 13 heavy (non-hydrogen) atoms. The molecule has 0 aliphatic heterocycles. The summed E-state index contributed by atoms with van der Waals surface area (Å²) in [5.41, 5.74) is 2.48. The Morgan fingerprint density at radius 2 is 2.00 bits per heavy atom. The first kappa shape index (κ1) is 9.90. The molecule has 1 aromatic carbocycles. The molecule has 0 aliphatic rings. The van der Waals surface area contributed by atoms with E-state index in [0.717, 1.165) is 12.2 Å². The van der Waals surface area contributed by atoms with Crippen LogP contribution < -0.4 is 9.64 Å². The highest BCUT2D eigenvalue weighted by Crippen LogP contribution is 2.24. The maximum atomic E-state index is 5.25. The average Bonchev–Trinajstić information content (AvgIpc) is 2.16. The number of methoxy groups -OCH3 is 1. The van der Waals surface area contributed by atoms with Gasteiger partial charge < -0.3 is 9.64 Å². The van der Waals surface area contributed by atoms with Gasteiger partial charge in [0.1, 0.15) is 5.75 Å². The number of hydrogen-bond acceptors (Lipinski definition) is 2. The molecule has 0 bridgehead atoms. The molecule has 2 nitrogen and oxygen atoms in total. The molecule has 0 amide bonds. The van der Waals surface area contributed by atoms with Gasteiger partial charge in [-0.3, -0.25) is 0 Å². The van der Waals surface area contributed by atoms with Gasteiger partial charge in [-0.05, 0) is 30.2 Å². The lowest BCUT2D eigenvalue weighted by molar-refractivity contribution is 0.410. The van der Waals surface area contributed by atoms with Crippen molar-refractivity contribution in [1.82, 2.24) is 0 Å². The fourth-order valence-electron chi connectivity index (χ4n) is 1.32. The largest absolute Gasteiger partial charge is 0.496 e. The van der Waals surface area contributed by atoms with Gasteiger partial charge in [-0.2, -0.15) is 0 Å². The normalized spacial score (nSPS) is 9.85. The third kappa shape index (κ3) is 2.14. The first-order valence-corrected chi connectivity index (χ1v) is 4.53. The van der Waals surface area contributed by atoms with E-state index in [4.69, 9.17) is 4.74 Å². The second kappa shape index (κ2) is 4.17. The fraction of sp³-hybridized carbons (Fsp3) is 0.455. The number of nitrogens with zero attached hydrogens (tertiary/aromatic N) is 1. The van der Waals surface area contributed by atoms with E-state index in [-0.39, 0.29) is 0 Å². The van der Waals surface area contributed by atoms with Crippen LogP contribution in [0.5, 0.6) is 5.75 Å². The zero-order chi connectivity index (χ0) is 9.84. The van der Waals surface area contributed by atoms with Gasteiger partial charge in [-0.25, -0.2) is 0 Å². The SMILES string of the molecule is CCc1cc(N(C)C)ccc1OC. The zero-order valence-corrected chi connectivity index (χ0v) is 8.79. The van der Waals surface area contributed by atoms with Crippen LogP contribution in [0.2, 0.25) is 0 Å². The fourth-order valence-corrected chi connectivity index (χ4v) is 1.32. The molecule has 0 atom stereocenters. The summed E-state index contributed by atoms with van der Waals surface area (Å²) in [7, 11) is 5.80. The minimum Gasteiger partial charge on any atom is -0.496 e. The molecule has 0 saturated carbocycles. The van der Waals surface area contributed by atoms with E-state index < -0.39 is 0 Å². The molecule has 0 spiro atoms. The molecule has 0 aromatic heterocycles. The molecule has 0 unspecified atom stereocenters. The number of ether oxygens (including phenoxy) is 1. The third-order valence-corrected chi connectivity index (χ3v) is 2.16. The Hall–Kier alpha value is -1.18. The van der Waals surface area contributed by atoms with Crippen LogP contribution >= 0.6 is 0 Å². The standard InChI is InChI=1S/C11H17NO/c1-5-9-8-10(12(2)3)6-7-11(9)13-4/h6-8H,5H2,1-4H3. The van der Waals surface area contributed by atoms with Crippen LogP contribution in [0.1, 0.15) is 12.5 Å². The van der Waals surface area contributed by atoms with E-state index in [9.17, 15) is 0 Å². The monoisotopic (exact) mass is 179 g/mol. The summed E-state index contributed by atoms with van der Waals surface area (Å²) < 4.78 is 5.25.